The van der Waals surface area contributed by atoms with Crippen molar-refractivity contribution in [2.75, 3.05) is 6.54 Å². The van der Waals surface area contributed by atoms with E-state index in [2.05, 4.69) is 16.6 Å². The highest BCUT2D eigenvalue weighted by Crippen LogP contribution is 2.38. The molecule has 1 aromatic carbocycles. The average molecular weight is 476 g/mol. The fraction of sp³-hybridized carbons (Fsp3) is 0.0952. The van der Waals surface area contributed by atoms with Crippen molar-refractivity contribution in [3.05, 3.63) is 74.8 Å². The van der Waals surface area contributed by atoms with Crippen molar-refractivity contribution >= 4 is 68.6 Å². The first-order valence-electron chi connectivity index (χ1n) is 8.83. The van der Waals surface area contributed by atoms with Crippen molar-refractivity contribution in [2.24, 2.45) is 4.99 Å². The molecule has 30 heavy (non-hydrogen) atoms. The molecule has 5 nitrogen and oxygen atoms in total. The van der Waals surface area contributed by atoms with Gasteiger partial charge in [0.2, 0.25) is 5.13 Å². The maximum Gasteiger partial charge on any atom is 0.267 e. The molecular formula is C21H15Cl2N3O2S2. The zero-order valence-electron chi connectivity index (χ0n) is 15.8. The quantitative estimate of drug-likeness (QED) is 0.300. The lowest BCUT2D eigenvalue weighted by atomic mass is 10.2. The third-order valence-corrected chi connectivity index (χ3v) is 6.60. The lowest BCUT2D eigenvalue weighted by Gasteiger charge is -2.11. The van der Waals surface area contributed by atoms with Crippen LogP contribution in [-0.2, 0) is 4.79 Å². The van der Waals surface area contributed by atoms with Crippen molar-refractivity contribution in [1.29, 1.82) is 0 Å². The van der Waals surface area contributed by atoms with Crippen LogP contribution in [0.1, 0.15) is 11.5 Å². The molecular weight excluding hydrogens is 461 g/mol. The van der Waals surface area contributed by atoms with Gasteiger partial charge < -0.3 is 4.42 Å². The zero-order chi connectivity index (χ0) is 21.3. The van der Waals surface area contributed by atoms with Gasteiger partial charge >= 0.3 is 0 Å². The van der Waals surface area contributed by atoms with Gasteiger partial charge in [0.15, 0.2) is 5.17 Å². The summed E-state index contributed by atoms with van der Waals surface area (Å²) in [5, 5.41) is 4.06. The summed E-state index contributed by atoms with van der Waals surface area (Å²) in [5.41, 5.74) is 1.51. The van der Waals surface area contributed by atoms with Gasteiger partial charge in [-0.3, -0.25) is 9.69 Å². The van der Waals surface area contributed by atoms with Crippen molar-refractivity contribution in [1.82, 2.24) is 9.88 Å². The molecule has 152 valence electrons. The van der Waals surface area contributed by atoms with E-state index in [-0.39, 0.29) is 5.91 Å². The summed E-state index contributed by atoms with van der Waals surface area (Å²) in [6.45, 7) is 5.99. The number of aliphatic imine (C=N–C) groups is 1. The number of hydrogen-bond donors (Lipinski definition) is 0. The van der Waals surface area contributed by atoms with Crippen LogP contribution in [0.2, 0.25) is 10.0 Å². The van der Waals surface area contributed by atoms with Gasteiger partial charge in [-0.15, -0.1) is 17.9 Å². The van der Waals surface area contributed by atoms with Gasteiger partial charge in [0.25, 0.3) is 5.91 Å². The van der Waals surface area contributed by atoms with Crippen molar-refractivity contribution in [2.45, 2.75) is 6.92 Å². The SMILES string of the molecule is C=CCN1C(=O)/C(=C\c2ccc(-c3c(Cl)cccc3Cl)o2)S/C1=N/c1nc(C)cs1. The minimum absolute atomic E-state index is 0.166. The Morgan fingerprint density at radius 1 is 1.27 bits per heavy atom. The van der Waals surface area contributed by atoms with Crippen LogP contribution in [0.5, 0.6) is 0 Å². The molecule has 2 aromatic heterocycles. The second kappa shape index (κ2) is 8.81. The number of hydrogen-bond acceptors (Lipinski definition) is 6. The Morgan fingerprint density at radius 2 is 2.03 bits per heavy atom. The number of nitrogens with zero attached hydrogens (tertiary/aromatic N) is 3. The van der Waals surface area contributed by atoms with E-state index >= 15 is 0 Å². The van der Waals surface area contributed by atoms with Crippen LogP contribution < -0.4 is 0 Å². The Labute approximate surface area is 191 Å². The molecule has 9 heteroatoms. The van der Waals surface area contributed by atoms with E-state index in [4.69, 9.17) is 27.6 Å². The van der Waals surface area contributed by atoms with E-state index in [0.717, 1.165) is 5.69 Å². The normalized spacial score (nSPS) is 16.8. The Kier molecular flexibility index (Phi) is 6.15. The van der Waals surface area contributed by atoms with Gasteiger partial charge in [0.05, 0.1) is 26.2 Å². The van der Waals surface area contributed by atoms with E-state index in [9.17, 15) is 4.79 Å². The third-order valence-electron chi connectivity index (χ3n) is 4.11. The van der Waals surface area contributed by atoms with Gasteiger partial charge in [-0.05, 0) is 43.0 Å². The summed E-state index contributed by atoms with van der Waals surface area (Å²) in [6, 6.07) is 8.81. The number of halogens is 2. The standard InChI is InChI=1S/C21H15Cl2N3O2S2/c1-3-9-26-19(27)17(30-21(26)25-20-24-12(2)11-29-20)10-13-7-8-16(28-13)18-14(22)5-4-6-15(18)23/h3-8,10-11H,1,9H2,2H3/b17-10+,25-21+. The summed E-state index contributed by atoms with van der Waals surface area (Å²) in [5.74, 6) is 0.880. The van der Waals surface area contributed by atoms with Crippen LogP contribution >= 0.6 is 46.3 Å². The van der Waals surface area contributed by atoms with Crippen LogP contribution in [-0.4, -0.2) is 27.5 Å². The Balaban J connectivity index is 1.65. The summed E-state index contributed by atoms with van der Waals surface area (Å²) in [4.78, 5) is 23.8. The smallest absolute Gasteiger partial charge is 0.267 e. The van der Waals surface area contributed by atoms with Crippen LogP contribution in [0.15, 0.2) is 62.7 Å². The van der Waals surface area contributed by atoms with Gasteiger partial charge in [-0.25, -0.2) is 4.98 Å². The molecule has 0 saturated carbocycles. The maximum absolute atomic E-state index is 12.9. The molecule has 0 atom stereocenters. The van der Waals surface area contributed by atoms with Crippen LogP contribution in [0, 0.1) is 6.92 Å². The molecule has 1 fully saturated rings. The number of furan rings is 1. The highest BCUT2D eigenvalue weighted by molar-refractivity contribution is 8.18. The first-order valence-corrected chi connectivity index (χ1v) is 11.3. The van der Waals surface area contributed by atoms with Crippen molar-refractivity contribution < 1.29 is 9.21 Å². The Bertz CT molecular complexity index is 1180. The predicted octanol–water partition coefficient (Wildman–Crippen LogP) is 6.81. The van der Waals surface area contributed by atoms with Crippen molar-refractivity contribution in [3.8, 4) is 11.3 Å². The number of amidine groups is 1. The highest BCUT2D eigenvalue weighted by Gasteiger charge is 2.33. The van der Waals surface area contributed by atoms with E-state index in [1.165, 1.54) is 23.1 Å². The Morgan fingerprint density at radius 3 is 2.70 bits per heavy atom. The molecule has 4 rings (SSSR count). The lowest BCUT2D eigenvalue weighted by Crippen LogP contribution is -2.29. The van der Waals surface area contributed by atoms with Crippen molar-refractivity contribution in [3.63, 3.8) is 0 Å². The first-order chi connectivity index (χ1) is 14.5. The number of amides is 1. The molecule has 1 aliphatic heterocycles. The zero-order valence-corrected chi connectivity index (χ0v) is 18.9. The number of aryl methyl sites for hydroxylation is 1. The fourth-order valence-corrected chi connectivity index (χ4v) is 5.06. The molecule has 1 aliphatic rings. The first kappa shape index (κ1) is 20.9. The molecule has 0 radical (unpaired) electrons. The van der Waals surface area contributed by atoms with Gasteiger partial charge in [-0.1, -0.05) is 35.3 Å². The second-order valence-electron chi connectivity index (χ2n) is 6.28. The maximum atomic E-state index is 12.9. The summed E-state index contributed by atoms with van der Waals surface area (Å²) in [7, 11) is 0. The topological polar surface area (TPSA) is 58.7 Å². The number of thioether (sulfide) groups is 1. The Hall–Kier alpha value is -2.32. The van der Waals surface area contributed by atoms with Crippen LogP contribution in [0.4, 0.5) is 5.13 Å². The molecule has 1 amide bonds. The van der Waals surface area contributed by atoms with E-state index in [1.807, 2.05) is 12.3 Å². The van der Waals surface area contributed by atoms with E-state index in [1.54, 1.807) is 47.4 Å². The van der Waals surface area contributed by atoms with Gasteiger partial charge in [0, 0.05) is 18.0 Å². The number of carbonyl (C=O) groups excluding carboxylic acids is 1. The highest BCUT2D eigenvalue weighted by atomic mass is 35.5. The minimum Gasteiger partial charge on any atom is -0.457 e. The molecule has 3 aromatic rings. The van der Waals surface area contributed by atoms with E-state index in [0.29, 0.717) is 48.9 Å². The number of thiazole rings is 1. The summed E-state index contributed by atoms with van der Waals surface area (Å²) in [6.07, 6.45) is 3.35. The van der Waals surface area contributed by atoms with Gasteiger partial charge in [0.1, 0.15) is 11.5 Å². The number of rotatable bonds is 5. The van der Waals surface area contributed by atoms with Crippen LogP contribution in [0.25, 0.3) is 17.4 Å². The molecule has 0 bridgehead atoms. The summed E-state index contributed by atoms with van der Waals surface area (Å²) < 4.78 is 5.89. The monoisotopic (exact) mass is 475 g/mol. The number of benzene rings is 1. The molecule has 0 N–H and O–H groups in total. The fourth-order valence-electron chi connectivity index (χ4n) is 2.78. The molecule has 0 spiro atoms. The second-order valence-corrected chi connectivity index (χ2v) is 8.94. The molecule has 1 saturated heterocycles. The molecule has 0 aliphatic carbocycles. The summed E-state index contributed by atoms with van der Waals surface area (Å²) >= 11 is 15.2. The van der Waals surface area contributed by atoms with Gasteiger partial charge in [-0.2, -0.15) is 4.99 Å². The molecule has 3 heterocycles. The third kappa shape index (κ3) is 4.25. The minimum atomic E-state index is -0.166. The van der Waals surface area contributed by atoms with Crippen LogP contribution in [0.3, 0.4) is 0 Å². The largest absolute Gasteiger partial charge is 0.457 e. The number of carbonyl (C=O) groups is 1. The molecule has 0 unspecified atom stereocenters. The average Bonchev–Trinajstić information content (AvgIpc) is 3.39. The lowest BCUT2D eigenvalue weighted by molar-refractivity contribution is -0.121. The number of aromatic nitrogens is 1. The van der Waals surface area contributed by atoms with E-state index < -0.39 is 0 Å². The predicted molar refractivity (Wildman–Crippen MR) is 126 cm³/mol.